The van der Waals surface area contributed by atoms with Crippen molar-refractivity contribution in [1.29, 1.82) is 0 Å². The highest BCUT2D eigenvalue weighted by atomic mass is 16.7. The lowest BCUT2D eigenvalue weighted by molar-refractivity contribution is -0.971. The van der Waals surface area contributed by atoms with Crippen molar-refractivity contribution in [1.82, 2.24) is 0 Å². The van der Waals surface area contributed by atoms with E-state index >= 15 is 0 Å². The summed E-state index contributed by atoms with van der Waals surface area (Å²) in [5, 5.41) is 49.3. The van der Waals surface area contributed by atoms with Crippen LogP contribution in [0.2, 0.25) is 0 Å². The minimum Gasteiger partial charge on any atom is -0.481 e. The van der Waals surface area contributed by atoms with Gasteiger partial charge in [0.05, 0.1) is 5.92 Å². The summed E-state index contributed by atoms with van der Waals surface area (Å²) in [5.74, 6) is -8.63. The Morgan fingerprint density at radius 3 is 1.71 bits per heavy atom. The van der Waals surface area contributed by atoms with E-state index in [0.29, 0.717) is 0 Å². The normalized spacial score (nSPS) is 12.4. The van der Waals surface area contributed by atoms with Crippen molar-refractivity contribution in [3.63, 3.8) is 0 Å². The van der Waals surface area contributed by atoms with Crippen LogP contribution in [0.1, 0.15) is 25.7 Å². The molecule has 2 N–H and O–H groups in total. The van der Waals surface area contributed by atoms with Crippen molar-refractivity contribution in [3.8, 4) is 0 Å². The predicted octanol–water partition coefficient (Wildman–Crippen LogP) is -0.184. The third-order valence-corrected chi connectivity index (χ3v) is 2.69. The van der Waals surface area contributed by atoms with Crippen LogP contribution in [0.4, 0.5) is 0 Å². The van der Waals surface area contributed by atoms with Gasteiger partial charge in [0.15, 0.2) is 21.2 Å². The average Bonchev–Trinajstić information content (AvgIpc) is 2.30. The fraction of sp³-hybridized carbons (Fsp3) is 0.750. The van der Waals surface area contributed by atoms with Crippen LogP contribution in [0.25, 0.3) is 0 Å². The van der Waals surface area contributed by atoms with E-state index in [2.05, 4.69) is 0 Å². The van der Waals surface area contributed by atoms with E-state index in [1.54, 1.807) is 0 Å². The number of hydrogen-bond acceptors (Lipinski definition) is 8. The summed E-state index contributed by atoms with van der Waals surface area (Å²) in [6.45, 7) is 0. The summed E-state index contributed by atoms with van der Waals surface area (Å²) in [6.07, 6.45) is -2.66. The first-order chi connectivity index (χ1) is 9.55. The molecule has 0 aliphatic rings. The van der Waals surface area contributed by atoms with Crippen molar-refractivity contribution < 1.29 is 34.6 Å². The number of hydrogen-bond donors (Lipinski definition) is 2. The summed E-state index contributed by atoms with van der Waals surface area (Å²) in [5.41, 5.74) is 0. The molecule has 0 heterocycles. The molecule has 1 atom stereocenters. The Hall–Kier alpha value is -2.86. The first kappa shape index (κ1) is 18.1. The molecule has 0 saturated heterocycles. The molecule has 0 saturated carbocycles. The molecule has 1 unspecified atom stereocenters. The lowest BCUT2D eigenvalue weighted by Gasteiger charge is -2.14. The van der Waals surface area contributed by atoms with Gasteiger partial charge in [-0.3, -0.25) is 39.9 Å². The molecule has 0 aliphatic heterocycles. The number of nitrogens with zero attached hydrogens (tertiary/aromatic N) is 3. The van der Waals surface area contributed by atoms with Gasteiger partial charge in [-0.2, -0.15) is 0 Å². The number of carbonyl (C=O) groups is 2. The van der Waals surface area contributed by atoms with E-state index < -0.39 is 57.7 Å². The Balaban J connectivity index is 5.29. The van der Waals surface area contributed by atoms with Crippen LogP contribution >= 0.6 is 0 Å². The molecule has 0 aromatic heterocycles. The molecule has 0 radical (unpaired) electrons. The zero-order valence-corrected chi connectivity index (χ0v) is 10.4. The van der Waals surface area contributed by atoms with Gasteiger partial charge in [-0.05, 0) is 12.8 Å². The van der Waals surface area contributed by atoms with Gasteiger partial charge >= 0.3 is 17.7 Å². The van der Waals surface area contributed by atoms with Gasteiger partial charge in [0, 0.05) is 6.42 Å². The second kappa shape index (κ2) is 7.06. The standard InChI is InChI=1S/C8H11N3O10/c12-6(13)3-1-2-5(7(14)15)4-8(9(16)17,10(18)19)11(20)21/h5H,1-4H2,(H,12,13)(H,14,15). The summed E-state index contributed by atoms with van der Waals surface area (Å²) in [7, 11) is 0. The van der Waals surface area contributed by atoms with E-state index in [4.69, 9.17) is 10.2 Å². The molecule has 21 heavy (non-hydrogen) atoms. The van der Waals surface area contributed by atoms with Crippen LogP contribution in [0.3, 0.4) is 0 Å². The van der Waals surface area contributed by atoms with Crippen LogP contribution in [0, 0.1) is 36.3 Å². The first-order valence-corrected chi connectivity index (χ1v) is 5.43. The predicted molar refractivity (Wildman–Crippen MR) is 60.9 cm³/mol. The summed E-state index contributed by atoms with van der Waals surface area (Å²) < 4.78 is 0. The average molecular weight is 309 g/mol. The maximum atomic E-state index is 10.9. The quantitative estimate of drug-likeness (QED) is 0.309. The second-order valence-corrected chi connectivity index (χ2v) is 4.07. The Morgan fingerprint density at radius 1 is 1.00 bits per heavy atom. The van der Waals surface area contributed by atoms with Crippen LogP contribution < -0.4 is 0 Å². The second-order valence-electron chi connectivity index (χ2n) is 4.07. The van der Waals surface area contributed by atoms with Crippen molar-refractivity contribution in [3.05, 3.63) is 30.3 Å². The summed E-state index contributed by atoms with van der Waals surface area (Å²) in [6, 6.07) is 0. The number of carboxylic acids is 2. The van der Waals surface area contributed by atoms with E-state index in [0.717, 1.165) is 0 Å². The Bertz CT molecular complexity index is 439. The van der Waals surface area contributed by atoms with Crippen molar-refractivity contribution >= 4 is 11.9 Å². The van der Waals surface area contributed by atoms with Crippen LogP contribution in [-0.2, 0) is 9.59 Å². The van der Waals surface area contributed by atoms with E-state index in [9.17, 15) is 39.9 Å². The molecule has 0 bridgehead atoms. The highest BCUT2D eigenvalue weighted by Crippen LogP contribution is 2.26. The third kappa shape index (κ3) is 4.32. The van der Waals surface area contributed by atoms with Gasteiger partial charge in [-0.15, -0.1) is 0 Å². The molecule has 0 rings (SSSR count). The third-order valence-electron chi connectivity index (χ3n) is 2.69. The molecular formula is C8H11N3O10. The molecular weight excluding hydrogens is 298 g/mol. The van der Waals surface area contributed by atoms with Crippen LogP contribution in [0.5, 0.6) is 0 Å². The van der Waals surface area contributed by atoms with Gasteiger partial charge in [-0.1, -0.05) is 0 Å². The minimum atomic E-state index is -3.87. The number of rotatable bonds is 10. The fourth-order valence-corrected chi connectivity index (χ4v) is 1.57. The van der Waals surface area contributed by atoms with Crippen LogP contribution in [-0.4, -0.2) is 42.7 Å². The van der Waals surface area contributed by atoms with Gasteiger partial charge in [0.25, 0.3) is 0 Å². The number of aliphatic carboxylic acids is 2. The lowest BCUT2D eigenvalue weighted by Crippen LogP contribution is -2.55. The molecule has 0 aromatic carbocycles. The van der Waals surface area contributed by atoms with E-state index in [1.807, 2.05) is 0 Å². The van der Waals surface area contributed by atoms with Crippen molar-refractivity contribution in [2.24, 2.45) is 5.92 Å². The fourth-order valence-electron chi connectivity index (χ4n) is 1.57. The molecule has 118 valence electrons. The van der Waals surface area contributed by atoms with Crippen molar-refractivity contribution in [2.45, 2.75) is 31.5 Å². The summed E-state index contributed by atoms with van der Waals surface area (Å²) in [4.78, 5) is 47.9. The zero-order chi connectivity index (χ0) is 16.8. The monoisotopic (exact) mass is 309 g/mol. The van der Waals surface area contributed by atoms with Gasteiger partial charge in [-0.25, -0.2) is 0 Å². The molecule has 0 aromatic rings. The number of carboxylic acid groups (broad SMARTS) is 2. The first-order valence-electron chi connectivity index (χ1n) is 5.43. The van der Waals surface area contributed by atoms with E-state index in [-0.39, 0.29) is 6.42 Å². The largest absolute Gasteiger partial charge is 0.700 e. The Morgan fingerprint density at radius 2 is 1.43 bits per heavy atom. The van der Waals surface area contributed by atoms with Crippen LogP contribution in [0.15, 0.2) is 0 Å². The molecule has 0 spiro atoms. The topological polar surface area (TPSA) is 204 Å². The van der Waals surface area contributed by atoms with Crippen molar-refractivity contribution in [2.75, 3.05) is 0 Å². The zero-order valence-electron chi connectivity index (χ0n) is 10.4. The molecule has 0 amide bonds. The Labute approximate surface area is 115 Å². The molecule has 13 heteroatoms. The number of nitro groups is 3. The van der Waals surface area contributed by atoms with E-state index in [1.165, 1.54) is 0 Å². The highest BCUT2D eigenvalue weighted by molar-refractivity contribution is 5.70. The molecule has 0 fully saturated rings. The SMILES string of the molecule is O=C(O)CCCC(CC([N+](=O)[O-])([N+](=O)[O-])[N+](=O)[O-])C(=O)O. The maximum absolute atomic E-state index is 10.9. The maximum Gasteiger partial charge on any atom is 0.700 e. The van der Waals surface area contributed by atoms with Gasteiger partial charge in [0.1, 0.15) is 0 Å². The smallest absolute Gasteiger partial charge is 0.481 e. The summed E-state index contributed by atoms with van der Waals surface area (Å²) >= 11 is 0. The molecule has 13 nitrogen and oxygen atoms in total. The minimum absolute atomic E-state index is 0.241. The van der Waals surface area contributed by atoms with Gasteiger partial charge < -0.3 is 10.2 Å². The molecule has 0 aliphatic carbocycles. The van der Waals surface area contributed by atoms with Gasteiger partial charge in [0.2, 0.25) is 0 Å². The Kier molecular flexibility index (Phi) is 6.10. The lowest BCUT2D eigenvalue weighted by atomic mass is 9.95. The highest BCUT2D eigenvalue weighted by Gasteiger charge is 2.71.